The number of esters is 1. The number of rotatable bonds is 5. The number of nitrogens with zero attached hydrogens (tertiary/aromatic N) is 2. The van der Waals surface area contributed by atoms with Crippen molar-refractivity contribution in [3.8, 4) is 0 Å². The van der Waals surface area contributed by atoms with Gasteiger partial charge in [0.05, 0.1) is 18.6 Å². The van der Waals surface area contributed by atoms with Crippen molar-refractivity contribution in [3.63, 3.8) is 0 Å². The molecule has 0 saturated carbocycles. The molecule has 1 spiro atoms. The van der Waals surface area contributed by atoms with Gasteiger partial charge in [-0.05, 0) is 37.0 Å². The molecule has 0 radical (unpaired) electrons. The molecule has 26 heavy (non-hydrogen) atoms. The Kier molecular flexibility index (Phi) is 5.61. The molecule has 3 rings (SSSR count). The lowest BCUT2D eigenvalue weighted by Gasteiger charge is -2.47. The molecule has 6 heteroatoms. The van der Waals surface area contributed by atoms with E-state index in [4.69, 9.17) is 4.74 Å². The van der Waals surface area contributed by atoms with Crippen LogP contribution in [0.25, 0.3) is 0 Å². The van der Waals surface area contributed by atoms with Crippen LogP contribution in [-0.2, 0) is 20.9 Å². The molecule has 1 aromatic carbocycles. The van der Waals surface area contributed by atoms with Crippen molar-refractivity contribution in [2.45, 2.75) is 44.7 Å². The molecule has 1 aromatic rings. The van der Waals surface area contributed by atoms with E-state index in [0.29, 0.717) is 6.54 Å². The Labute approximate surface area is 154 Å². The van der Waals surface area contributed by atoms with Gasteiger partial charge in [-0.15, -0.1) is 0 Å². The van der Waals surface area contributed by atoms with Gasteiger partial charge in [-0.2, -0.15) is 0 Å². The van der Waals surface area contributed by atoms with Gasteiger partial charge in [0.1, 0.15) is 5.82 Å². The van der Waals surface area contributed by atoms with Gasteiger partial charge < -0.3 is 9.64 Å². The zero-order valence-electron chi connectivity index (χ0n) is 15.5. The first-order valence-electron chi connectivity index (χ1n) is 9.35. The summed E-state index contributed by atoms with van der Waals surface area (Å²) in [4.78, 5) is 29.1. The van der Waals surface area contributed by atoms with Crippen LogP contribution in [0.2, 0.25) is 0 Å². The molecule has 2 aliphatic heterocycles. The highest BCUT2D eigenvalue weighted by Gasteiger charge is 2.56. The standard InChI is InChI=1S/C20H27FN2O3/c1-3-10-23-18(24)13-17(19(25)26-2)20(23)8-11-22(12-9-20)14-15-4-6-16(21)7-5-15/h4-7,17H,3,8-14H2,1-2H3. The maximum absolute atomic E-state index is 13.1. The molecule has 5 nitrogen and oxygen atoms in total. The average molecular weight is 362 g/mol. The lowest BCUT2D eigenvalue weighted by Crippen LogP contribution is -2.57. The van der Waals surface area contributed by atoms with Crippen LogP contribution in [0.1, 0.15) is 38.2 Å². The molecule has 0 N–H and O–H groups in total. The molecule has 1 atom stereocenters. The number of amides is 1. The number of halogens is 1. The Morgan fingerprint density at radius 3 is 2.50 bits per heavy atom. The number of ether oxygens (including phenoxy) is 1. The van der Waals surface area contributed by atoms with Gasteiger partial charge in [-0.1, -0.05) is 19.1 Å². The SMILES string of the molecule is CCCN1C(=O)CC(C(=O)OC)C12CCN(Cc1ccc(F)cc1)CC2. The summed E-state index contributed by atoms with van der Waals surface area (Å²) < 4.78 is 18.1. The fourth-order valence-electron chi connectivity index (χ4n) is 4.49. The van der Waals surface area contributed by atoms with Crippen molar-refractivity contribution < 1.29 is 18.7 Å². The monoisotopic (exact) mass is 362 g/mol. The quantitative estimate of drug-likeness (QED) is 0.756. The van der Waals surface area contributed by atoms with Gasteiger partial charge in [-0.25, -0.2) is 4.39 Å². The van der Waals surface area contributed by atoms with E-state index in [1.54, 1.807) is 12.1 Å². The summed E-state index contributed by atoms with van der Waals surface area (Å²) in [7, 11) is 1.40. The first-order chi connectivity index (χ1) is 12.5. The van der Waals surface area contributed by atoms with E-state index in [-0.39, 0.29) is 30.0 Å². The summed E-state index contributed by atoms with van der Waals surface area (Å²) in [5.41, 5.74) is 0.652. The third-order valence-electron chi connectivity index (χ3n) is 5.84. The average Bonchev–Trinajstić information content (AvgIpc) is 2.91. The largest absolute Gasteiger partial charge is 0.469 e. The minimum absolute atomic E-state index is 0.0641. The molecule has 1 unspecified atom stereocenters. The Balaban J connectivity index is 1.73. The van der Waals surface area contributed by atoms with E-state index < -0.39 is 5.54 Å². The van der Waals surface area contributed by atoms with Crippen molar-refractivity contribution in [1.82, 2.24) is 9.80 Å². The summed E-state index contributed by atoms with van der Waals surface area (Å²) in [5.74, 6) is -0.815. The van der Waals surface area contributed by atoms with Crippen LogP contribution in [0.5, 0.6) is 0 Å². The van der Waals surface area contributed by atoms with Gasteiger partial charge in [0.25, 0.3) is 0 Å². The highest BCUT2D eigenvalue weighted by molar-refractivity contribution is 5.89. The number of piperidine rings is 1. The van der Waals surface area contributed by atoms with Gasteiger partial charge in [0.2, 0.25) is 5.91 Å². The molecule has 2 heterocycles. The fraction of sp³-hybridized carbons (Fsp3) is 0.600. The van der Waals surface area contributed by atoms with E-state index in [2.05, 4.69) is 11.8 Å². The summed E-state index contributed by atoms with van der Waals surface area (Å²) in [6, 6.07) is 6.57. The number of hydrogen-bond acceptors (Lipinski definition) is 4. The lowest BCUT2D eigenvalue weighted by atomic mass is 9.76. The van der Waals surface area contributed by atoms with Crippen molar-refractivity contribution in [3.05, 3.63) is 35.6 Å². The summed E-state index contributed by atoms with van der Waals surface area (Å²) in [5, 5.41) is 0. The first-order valence-corrected chi connectivity index (χ1v) is 9.35. The Morgan fingerprint density at radius 1 is 1.27 bits per heavy atom. The fourth-order valence-corrected chi connectivity index (χ4v) is 4.49. The van der Waals surface area contributed by atoms with E-state index >= 15 is 0 Å². The Hall–Kier alpha value is -1.95. The van der Waals surface area contributed by atoms with Crippen LogP contribution >= 0.6 is 0 Å². The van der Waals surface area contributed by atoms with Gasteiger partial charge >= 0.3 is 5.97 Å². The third kappa shape index (κ3) is 3.47. The molecule has 2 saturated heterocycles. The first kappa shape index (κ1) is 18.8. The topological polar surface area (TPSA) is 49.9 Å². The predicted octanol–water partition coefficient (Wildman–Crippen LogP) is 2.59. The van der Waals surface area contributed by atoms with Crippen molar-refractivity contribution in [2.75, 3.05) is 26.7 Å². The number of hydrogen-bond donors (Lipinski definition) is 0. The second kappa shape index (κ2) is 7.74. The van der Waals surface area contributed by atoms with Crippen LogP contribution in [0.3, 0.4) is 0 Å². The molecular weight excluding hydrogens is 335 g/mol. The molecule has 2 aliphatic rings. The van der Waals surface area contributed by atoms with Crippen LogP contribution < -0.4 is 0 Å². The molecule has 1 amide bonds. The van der Waals surface area contributed by atoms with E-state index in [1.807, 2.05) is 4.90 Å². The molecule has 0 aromatic heterocycles. The second-order valence-electron chi connectivity index (χ2n) is 7.33. The second-order valence-corrected chi connectivity index (χ2v) is 7.33. The van der Waals surface area contributed by atoms with Crippen LogP contribution in [0, 0.1) is 11.7 Å². The molecule has 142 valence electrons. The maximum atomic E-state index is 13.1. The van der Waals surface area contributed by atoms with E-state index in [1.165, 1.54) is 19.2 Å². The van der Waals surface area contributed by atoms with Crippen LogP contribution in [-0.4, -0.2) is 54.0 Å². The number of carbonyl (C=O) groups is 2. The maximum Gasteiger partial charge on any atom is 0.311 e. The molecule has 2 fully saturated rings. The number of carbonyl (C=O) groups excluding carboxylic acids is 2. The zero-order valence-corrected chi connectivity index (χ0v) is 15.5. The third-order valence-corrected chi connectivity index (χ3v) is 5.84. The summed E-state index contributed by atoms with van der Waals surface area (Å²) >= 11 is 0. The summed E-state index contributed by atoms with van der Waals surface area (Å²) in [6.45, 7) is 5.10. The number of likely N-dealkylation sites (tertiary alicyclic amines) is 2. The van der Waals surface area contributed by atoms with Crippen molar-refractivity contribution in [1.29, 1.82) is 0 Å². The van der Waals surface area contributed by atoms with E-state index in [0.717, 1.165) is 44.5 Å². The molecule has 0 aliphatic carbocycles. The number of benzene rings is 1. The van der Waals surface area contributed by atoms with E-state index in [9.17, 15) is 14.0 Å². The van der Waals surface area contributed by atoms with Crippen molar-refractivity contribution in [2.24, 2.45) is 5.92 Å². The highest BCUT2D eigenvalue weighted by atomic mass is 19.1. The zero-order chi connectivity index (χ0) is 18.7. The Bertz CT molecular complexity index is 654. The van der Waals surface area contributed by atoms with Crippen LogP contribution in [0.4, 0.5) is 4.39 Å². The summed E-state index contributed by atoms with van der Waals surface area (Å²) in [6.07, 6.45) is 2.66. The molecule has 0 bridgehead atoms. The smallest absolute Gasteiger partial charge is 0.311 e. The van der Waals surface area contributed by atoms with Gasteiger partial charge in [0.15, 0.2) is 0 Å². The number of methoxy groups -OCH3 is 1. The van der Waals surface area contributed by atoms with Gasteiger partial charge in [-0.3, -0.25) is 14.5 Å². The minimum atomic E-state index is -0.417. The highest BCUT2D eigenvalue weighted by Crippen LogP contribution is 2.44. The Morgan fingerprint density at radius 2 is 1.92 bits per heavy atom. The van der Waals surface area contributed by atoms with Crippen LogP contribution in [0.15, 0.2) is 24.3 Å². The lowest BCUT2D eigenvalue weighted by molar-refractivity contribution is -0.150. The normalized spacial score (nSPS) is 22.8. The van der Waals surface area contributed by atoms with Gasteiger partial charge in [0, 0.05) is 32.6 Å². The minimum Gasteiger partial charge on any atom is -0.469 e. The predicted molar refractivity (Wildman–Crippen MR) is 95.8 cm³/mol. The molecular formula is C20H27FN2O3. The van der Waals surface area contributed by atoms with Crippen molar-refractivity contribution >= 4 is 11.9 Å².